The molecule has 1 aromatic carbocycles. The number of benzene rings is 1. The van der Waals surface area contributed by atoms with Gasteiger partial charge in [-0.15, -0.1) is 0 Å². The first kappa shape index (κ1) is 30.7. The second kappa shape index (κ2) is 12.6. The number of fused-ring (bicyclic) bond motifs is 7. The highest BCUT2D eigenvalue weighted by Crippen LogP contribution is 2.34. The second-order valence-corrected chi connectivity index (χ2v) is 12.8. The van der Waals surface area contributed by atoms with Crippen LogP contribution < -0.4 is 15.9 Å². The molecule has 2 aliphatic heterocycles. The lowest BCUT2D eigenvalue weighted by atomic mass is 10.1. The summed E-state index contributed by atoms with van der Waals surface area (Å²) in [5.74, 6) is 0.223. The number of aromatic nitrogens is 4. The van der Waals surface area contributed by atoms with Crippen LogP contribution in [-0.4, -0.2) is 68.3 Å². The zero-order chi connectivity index (χ0) is 31.8. The van der Waals surface area contributed by atoms with Gasteiger partial charge < -0.3 is 15.1 Å². The van der Waals surface area contributed by atoms with Gasteiger partial charge in [-0.3, -0.25) is 9.78 Å². The predicted octanol–water partition coefficient (Wildman–Crippen LogP) is 5.52. The summed E-state index contributed by atoms with van der Waals surface area (Å²) in [4.78, 5) is 44.0. The van der Waals surface area contributed by atoms with Crippen LogP contribution in [0.2, 0.25) is 0 Å². The Morgan fingerprint density at radius 1 is 1.16 bits per heavy atom. The van der Waals surface area contributed by atoms with E-state index in [-0.39, 0.29) is 40.6 Å². The molecule has 2 aliphatic rings. The van der Waals surface area contributed by atoms with E-state index in [2.05, 4.69) is 16.9 Å². The van der Waals surface area contributed by atoms with Gasteiger partial charge in [-0.1, -0.05) is 20.4 Å². The van der Waals surface area contributed by atoms with E-state index < -0.39 is 17.3 Å². The van der Waals surface area contributed by atoms with Crippen LogP contribution >= 0.6 is 11.8 Å². The number of amides is 1. The fourth-order valence-corrected chi connectivity index (χ4v) is 6.84. The van der Waals surface area contributed by atoms with Crippen LogP contribution in [0.5, 0.6) is 0 Å². The van der Waals surface area contributed by atoms with Gasteiger partial charge in [0.2, 0.25) is 5.91 Å². The molecule has 4 aromatic rings. The van der Waals surface area contributed by atoms with Crippen molar-refractivity contribution in [1.82, 2.24) is 24.4 Å². The number of halogens is 2. The summed E-state index contributed by atoms with van der Waals surface area (Å²) in [5.41, 5.74) is 2.08. The number of pyridine rings is 2. The van der Waals surface area contributed by atoms with E-state index in [4.69, 9.17) is 9.97 Å². The molecule has 5 heterocycles. The van der Waals surface area contributed by atoms with Crippen LogP contribution in [0.1, 0.15) is 44.4 Å². The molecule has 1 saturated heterocycles. The minimum Gasteiger partial charge on any atom is -0.385 e. The number of carbonyl (C=O) groups excluding carboxylic acids is 1. The van der Waals surface area contributed by atoms with Gasteiger partial charge in [0.15, 0.2) is 5.65 Å². The maximum Gasteiger partial charge on any atom is 0.355 e. The topological polar surface area (TPSA) is 96.3 Å². The van der Waals surface area contributed by atoms with E-state index in [0.717, 1.165) is 17.7 Å². The van der Waals surface area contributed by atoms with Crippen molar-refractivity contribution >= 4 is 40.2 Å². The van der Waals surface area contributed by atoms with Crippen LogP contribution in [0.3, 0.4) is 0 Å². The molecule has 1 fully saturated rings. The van der Waals surface area contributed by atoms with Gasteiger partial charge in [-0.25, -0.2) is 23.1 Å². The molecule has 1 N–H and O–H groups in total. The van der Waals surface area contributed by atoms with E-state index in [9.17, 15) is 9.59 Å². The number of nitrogens with zero attached hydrogens (tertiary/aromatic N) is 6. The lowest BCUT2D eigenvalue weighted by Crippen LogP contribution is -2.54. The summed E-state index contributed by atoms with van der Waals surface area (Å²) in [6.45, 7) is 11.3. The quantitative estimate of drug-likeness (QED) is 0.296. The minimum atomic E-state index is -0.742. The Hall–Kier alpha value is -4.32. The number of hydrogen-bond acceptors (Lipinski definition) is 8. The van der Waals surface area contributed by atoms with E-state index in [1.807, 2.05) is 37.9 Å². The molecule has 12 heteroatoms. The normalized spacial score (nSPS) is 17.1. The van der Waals surface area contributed by atoms with Crippen molar-refractivity contribution in [2.75, 3.05) is 42.1 Å². The van der Waals surface area contributed by atoms with E-state index in [1.165, 1.54) is 22.8 Å². The number of anilines is 2. The summed E-state index contributed by atoms with van der Waals surface area (Å²) >= 11 is 1.76. The van der Waals surface area contributed by atoms with Crippen molar-refractivity contribution in [2.24, 2.45) is 0 Å². The Bertz CT molecular complexity index is 1860. The molecule has 6 bridgehead atoms. The molecule has 0 aliphatic carbocycles. The predicted molar refractivity (Wildman–Crippen MR) is 175 cm³/mol. The lowest BCUT2D eigenvalue weighted by Gasteiger charge is -2.40. The van der Waals surface area contributed by atoms with E-state index >= 15 is 8.78 Å². The fraction of sp³-hybridized carbons (Fsp3) is 0.364. The lowest BCUT2D eigenvalue weighted by molar-refractivity contribution is -0.126. The third kappa shape index (κ3) is 5.90. The molecule has 1 atom stereocenters. The first-order chi connectivity index (χ1) is 21.7. The van der Waals surface area contributed by atoms with Crippen molar-refractivity contribution in [1.29, 1.82) is 0 Å². The van der Waals surface area contributed by atoms with Gasteiger partial charge in [-0.2, -0.15) is 16.7 Å². The maximum atomic E-state index is 16.1. The minimum absolute atomic E-state index is 0.0147. The molecule has 45 heavy (non-hydrogen) atoms. The Morgan fingerprint density at radius 2 is 1.98 bits per heavy atom. The number of hydrogen-bond donors (Lipinski definition) is 1. The van der Waals surface area contributed by atoms with Crippen molar-refractivity contribution in [3.8, 4) is 16.9 Å². The average molecular weight is 632 g/mol. The Kier molecular flexibility index (Phi) is 8.59. The number of rotatable bonds is 3. The highest BCUT2D eigenvalue weighted by atomic mass is 32.2. The number of piperazine rings is 1. The van der Waals surface area contributed by atoms with Crippen LogP contribution in [0.25, 0.3) is 28.0 Å². The Labute approximate surface area is 264 Å². The van der Waals surface area contributed by atoms with Crippen molar-refractivity contribution in [3.63, 3.8) is 0 Å². The average Bonchev–Trinajstić information content (AvgIpc) is 3.02. The van der Waals surface area contributed by atoms with Gasteiger partial charge in [0.05, 0.1) is 16.8 Å². The molecule has 0 radical (unpaired) electrons. The van der Waals surface area contributed by atoms with Crippen LogP contribution in [-0.2, 0) is 10.5 Å². The molecule has 9 nitrogen and oxygen atoms in total. The molecule has 0 saturated carbocycles. The largest absolute Gasteiger partial charge is 0.385 e. The van der Waals surface area contributed by atoms with E-state index in [0.29, 0.717) is 54.4 Å². The molecule has 1 amide bonds. The smallest absolute Gasteiger partial charge is 0.355 e. The Morgan fingerprint density at radius 3 is 2.73 bits per heavy atom. The zero-order valence-electron chi connectivity index (χ0n) is 25.5. The molecule has 3 aromatic heterocycles. The third-order valence-electron chi connectivity index (χ3n) is 8.21. The van der Waals surface area contributed by atoms with Gasteiger partial charge >= 0.3 is 5.69 Å². The van der Waals surface area contributed by atoms with Crippen LogP contribution in [0.4, 0.5) is 20.3 Å². The highest BCUT2D eigenvalue weighted by Gasteiger charge is 2.30. The van der Waals surface area contributed by atoms with Gasteiger partial charge in [0.25, 0.3) is 0 Å². The summed E-state index contributed by atoms with van der Waals surface area (Å²) < 4.78 is 32.9. The summed E-state index contributed by atoms with van der Waals surface area (Å²) in [5, 5.41) is 3.60. The van der Waals surface area contributed by atoms with Crippen molar-refractivity contribution in [3.05, 3.63) is 82.6 Å². The summed E-state index contributed by atoms with van der Waals surface area (Å²) in [6.07, 6.45) is 3.97. The highest BCUT2D eigenvalue weighted by molar-refractivity contribution is 7.98. The molecule has 0 unspecified atom stereocenters. The Balaban J connectivity index is 1.64. The first-order valence-corrected chi connectivity index (χ1v) is 16.2. The SMILES string of the molecule is C=CC(=O)N1CCN(c2nc(=O)n3c4nc(c(F)cc24)-c2cc(ccc2F)NCCCSCc2cnc(C(C)C)c-3c2)[C@@H](C)C1. The maximum absolute atomic E-state index is 16.1. The zero-order valence-corrected chi connectivity index (χ0v) is 26.3. The van der Waals surface area contributed by atoms with Crippen LogP contribution in [0.15, 0.2) is 54.0 Å². The number of thioether (sulfide) groups is 1. The standard InChI is InChI=1S/C33H35F2N7O2S/c1-5-28(43)40-10-11-41(20(4)17-40)31-24-15-26(35)30-23-14-22(7-8-25(23)34)36-9-6-12-45-18-21-13-27(29(19(2)3)37-16-21)42(32(24)38-30)33(44)39-31/h5,7-8,13-16,19-20,36H,1,6,9-12,17-18H2,2-4H3/t20-/m0/s1. The van der Waals surface area contributed by atoms with Gasteiger partial charge in [0, 0.05) is 55.4 Å². The number of nitrogens with one attached hydrogen (secondary N) is 1. The summed E-state index contributed by atoms with van der Waals surface area (Å²) in [6, 6.07) is 7.44. The monoisotopic (exact) mass is 631 g/mol. The van der Waals surface area contributed by atoms with E-state index in [1.54, 1.807) is 28.8 Å². The van der Waals surface area contributed by atoms with Crippen molar-refractivity contribution in [2.45, 2.75) is 44.9 Å². The van der Waals surface area contributed by atoms with Gasteiger partial charge in [-0.05, 0) is 67.0 Å². The molecular weight excluding hydrogens is 596 g/mol. The molecular formula is C33H35F2N7O2S. The second-order valence-electron chi connectivity index (χ2n) is 11.7. The molecule has 0 spiro atoms. The summed E-state index contributed by atoms with van der Waals surface area (Å²) in [7, 11) is 0. The fourth-order valence-electron chi connectivity index (χ4n) is 5.95. The van der Waals surface area contributed by atoms with Gasteiger partial charge in [0.1, 0.15) is 23.1 Å². The number of carbonyl (C=O) groups is 1. The molecule has 6 rings (SSSR count). The van der Waals surface area contributed by atoms with Crippen molar-refractivity contribution < 1.29 is 13.6 Å². The first-order valence-electron chi connectivity index (χ1n) is 15.1. The molecule has 234 valence electrons. The third-order valence-corrected chi connectivity index (χ3v) is 9.33. The van der Waals surface area contributed by atoms with Crippen LogP contribution in [0, 0.1) is 11.6 Å².